The second kappa shape index (κ2) is 5.37. The Kier molecular flexibility index (Phi) is 3.99. The van der Waals surface area contributed by atoms with Gasteiger partial charge in [0.1, 0.15) is 11.5 Å². The van der Waals surface area contributed by atoms with Gasteiger partial charge < -0.3 is 14.6 Å². The van der Waals surface area contributed by atoms with E-state index in [0.29, 0.717) is 18.9 Å². The topological polar surface area (TPSA) is 45.5 Å². The molecule has 4 heteroatoms. The van der Waals surface area contributed by atoms with E-state index >= 15 is 0 Å². The molecule has 0 saturated carbocycles. The molecule has 1 fully saturated rings. The fourth-order valence-electron chi connectivity index (χ4n) is 2.47. The molecule has 1 aromatic heterocycles. The molecular formula is C15H24N2O2. The molecule has 1 aliphatic rings. The number of likely N-dealkylation sites (tertiary alicyclic amines) is 1. The number of rotatable bonds is 4. The minimum Gasteiger partial charge on any atom is -0.463 e. The minimum absolute atomic E-state index is 0.185. The molecular weight excluding hydrogens is 240 g/mol. The quantitative estimate of drug-likeness (QED) is 0.908. The van der Waals surface area contributed by atoms with Crippen LogP contribution in [0.15, 0.2) is 16.5 Å². The average molecular weight is 264 g/mol. The average Bonchev–Trinajstić information content (AvgIpc) is 2.87. The molecule has 1 atom stereocenters. The van der Waals surface area contributed by atoms with Gasteiger partial charge in [-0.15, -0.1) is 0 Å². The van der Waals surface area contributed by atoms with Gasteiger partial charge in [-0.1, -0.05) is 20.8 Å². The van der Waals surface area contributed by atoms with Crippen molar-refractivity contribution in [1.29, 1.82) is 0 Å². The van der Waals surface area contributed by atoms with Gasteiger partial charge in [-0.25, -0.2) is 0 Å². The van der Waals surface area contributed by atoms with E-state index in [0.717, 1.165) is 24.6 Å². The Morgan fingerprint density at radius 2 is 2.05 bits per heavy atom. The molecule has 1 aromatic rings. The van der Waals surface area contributed by atoms with E-state index in [1.807, 2.05) is 24.1 Å². The summed E-state index contributed by atoms with van der Waals surface area (Å²) in [4.78, 5) is 14.0. The largest absolute Gasteiger partial charge is 0.463 e. The fourth-order valence-corrected chi connectivity index (χ4v) is 2.47. The molecule has 0 bridgehead atoms. The summed E-state index contributed by atoms with van der Waals surface area (Å²) in [6.45, 7) is 8.75. The maximum Gasteiger partial charge on any atom is 0.223 e. The molecule has 0 radical (unpaired) electrons. The SMILES string of the molecule is CNCc1ccc(CN2CC(C(C)(C)C)CC2=O)o1. The van der Waals surface area contributed by atoms with Gasteiger partial charge in [0.05, 0.1) is 13.1 Å². The number of nitrogens with zero attached hydrogens (tertiary/aromatic N) is 1. The van der Waals surface area contributed by atoms with E-state index in [1.54, 1.807) is 0 Å². The zero-order valence-corrected chi connectivity index (χ0v) is 12.3. The van der Waals surface area contributed by atoms with Crippen LogP contribution in [-0.4, -0.2) is 24.4 Å². The molecule has 1 N–H and O–H groups in total. The van der Waals surface area contributed by atoms with Crippen LogP contribution in [0.2, 0.25) is 0 Å². The standard InChI is InChI=1S/C15H24N2O2/c1-15(2,3)11-7-14(18)17(9-11)10-13-6-5-12(19-13)8-16-4/h5-6,11,16H,7-10H2,1-4H3. The van der Waals surface area contributed by atoms with Crippen molar-refractivity contribution in [2.24, 2.45) is 11.3 Å². The van der Waals surface area contributed by atoms with Gasteiger partial charge in [-0.05, 0) is 30.5 Å². The minimum atomic E-state index is 0.185. The number of nitrogens with one attached hydrogen (secondary N) is 1. The normalized spacial score (nSPS) is 20.3. The first-order valence-electron chi connectivity index (χ1n) is 6.90. The van der Waals surface area contributed by atoms with Crippen LogP contribution < -0.4 is 5.32 Å². The lowest BCUT2D eigenvalue weighted by molar-refractivity contribution is -0.128. The van der Waals surface area contributed by atoms with Crippen molar-refractivity contribution in [2.75, 3.05) is 13.6 Å². The van der Waals surface area contributed by atoms with E-state index in [9.17, 15) is 4.79 Å². The van der Waals surface area contributed by atoms with Crippen LogP contribution in [-0.2, 0) is 17.9 Å². The van der Waals surface area contributed by atoms with E-state index < -0.39 is 0 Å². The molecule has 1 unspecified atom stereocenters. The van der Waals surface area contributed by atoms with Crippen LogP contribution >= 0.6 is 0 Å². The third-order valence-corrected chi connectivity index (χ3v) is 3.85. The summed E-state index contributed by atoms with van der Waals surface area (Å²) in [6, 6.07) is 3.93. The Morgan fingerprint density at radius 3 is 2.63 bits per heavy atom. The third-order valence-electron chi connectivity index (χ3n) is 3.85. The highest BCUT2D eigenvalue weighted by molar-refractivity contribution is 5.78. The summed E-state index contributed by atoms with van der Waals surface area (Å²) in [5.41, 5.74) is 0.185. The number of amides is 1. The van der Waals surface area contributed by atoms with E-state index in [1.165, 1.54) is 0 Å². The highest BCUT2D eigenvalue weighted by Crippen LogP contribution is 2.34. The van der Waals surface area contributed by atoms with Gasteiger partial charge in [0.25, 0.3) is 0 Å². The molecule has 1 saturated heterocycles. The lowest BCUT2D eigenvalue weighted by atomic mass is 9.80. The number of carbonyl (C=O) groups is 1. The Morgan fingerprint density at radius 1 is 1.37 bits per heavy atom. The summed E-state index contributed by atoms with van der Waals surface area (Å²) < 4.78 is 5.70. The molecule has 106 valence electrons. The van der Waals surface area contributed by atoms with Crippen molar-refractivity contribution in [2.45, 2.75) is 40.3 Å². The lowest BCUT2D eigenvalue weighted by Crippen LogP contribution is -2.27. The molecule has 1 aliphatic heterocycles. The smallest absolute Gasteiger partial charge is 0.223 e. The van der Waals surface area contributed by atoms with E-state index in [-0.39, 0.29) is 11.3 Å². The predicted octanol–water partition coefficient (Wildman–Crippen LogP) is 2.39. The maximum absolute atomic E-state index is 12.0. The van der Waals surface area contributed by atoms with Crippen molar-refractivity contribution in [3.63, 3.8) is 0 Å². The Hall–Kier alpha value is -1.29. The van der Waals surface area contributed by atoms with Crippen LogP contribution in [0.4, 0.5) is 0 Å². The first-order valence-corrected chi connectivity index (χ1v) is 6.90. The second-order valence-electron chi connectivity index (χ2n) is 6.44. The fraction of sp³-hybridized carbons (Fsp3) is 0.667. The second-order valence-corrected chi connectivity index (χ2v) is 6.44. The first kappa shape index (κ1) is 14.1. The lowest BCUT2D eigenvalue weighted by Gasteiger charge is -2.26. The van der Waals surface area contributed by atoms with Crippen LogP contribution in [0, 0.1) is 11.3 Å². The van der Waals surface area contributed by atoms with Gasteiger partial charge in [-0.3, -0.25) is 4.79 Å². The predicted molar refractivity (Wildman–Crippen MR) is 74.5 cm³/mol. The van der Waals surface area contributed by atoms with Crippen molar-refractivity contribution >= 4 is 5.91 Å². The number of hydrogen-bond donors (Lipinski definition) is 1. The van der Waals surface area contributed by atoms with Gasteiger partial charge in [0.2, 0.25) is 5.91 Å². The Labute approximate surface area is 115 Å². The summed E-state index contributed by atoms with van der Waals surface area (Å²) in [6.07, 6.45) is 0.660. The maximum atomic E-state index is 12.0. The van der Waals surface area contributed by atoms with Crippen molar-refractivity contribution in [1.82, 2.24) is 10.2 Å². The molecule has 2 heterocycles. The summed E-state index contributed by atoms with van der Waals surface area (Å²) in [5.74, 6) is 2.46. The van der Waals surface area contributed by atoms with Crippen molar-refractivity contribution < 1.29 is 9.21 Å². The number of carbonyl (C=O) groups excluding carboxylic acids is 1. The summed E-state index contributed by atoms with van der Waals surface area (Å²) >= 11 is 0. The summed E-state index contributed by atoms with van der Waals surface area (Å²) in [5, 5.41) is 3.05. The summed E-state index contributed by atoms with van der Waals surface area (Å²) in [7, 11) is 1.89. The highest BCUT2D eigenvalue weighted by Gasteiger charge is 2.36. The third kappa shape index (κ3) is 3.38. The van der Waals surface area contributed by atoms with Gasteiger partial charge in [-0.2, -0.15) is 0 Å². The van der Waals surface area contributed by atoms with Crippen LogP contribution in [0.25, 0.3) is 0 Å². The van der Waals surface area contributed by atoms with E-state index in [2.05, 4.69) is 26.1 Å². The van der Waals surface area contributed by atoms with Gasteiger partial charge in [0, 0.05) is 13.0 Å². The van der Waals surface area contributed by atoms with Gasteiger partial charge in [0.15, 0.2) is 0 Å². The van der Waals surface area contributed by atoms with Crippen LogP contribution in [0.3, 0.4) is 0 Å². The van der Waals surface area contributed by atoms with Crippen LogP contribution in [0.1, 0.15) is 38.7 Å². The monoisotopic (exact) mass is 264 g/mol. The zero-order valence-electron chi connectivity index (χ0n) is 12.3. The Balaban J connectivity index is 1.97. The zero-order chi connectivity index (χ0) is 14.0. The first-order chi connectivity index (χ1) is 8.90. The Bertz CT molecular complexity index is 445. The van der Waals surface area contributed by atoms with E-state index in [4.69, 9.17) is 4.42 Å². The molecule has 19 heavy (non-hydrogen) atoms. The highest BCUT2D eigenvalue weighted by atomic mass is 16.3. The molecule has 0 aliphatic carbocycles. The number of hydrogen-bond acceptors (Lipinski definition) is 3. The number of furan rings is 1. The van der Waals surface area contributed by atoms with Crippen molar-refractivity contribution in [3.05, 3.63) is 23.7 Å². The molecule has 1 amide bonds. The molecule has 0 aromatic carbocycles. The van der Waals surface area contributed by atoms with Crippen LogP contribution in [0.5, 0.6) is 0 Å². The molecule has 2 rings (SSSR count). The molecule has 0 spiro atoms. The van der Waals surface area contributed by atoms with Gasteiger partial charge >= 0.3 is 0 Å². The van der Waals surface area contributed by atoms with Crippen molar-refractivity contribution in [3.8, 4) is 0 Å². The molecule has 4 nitrogen and oxygen atoms in total.